The number of rotatable bonds is 8. The highest BCUT2D eigenvalue weighted by Crippen LogP contribution is 2.40. The molecule has 1 amide bonds. The first kappa shape index (κ1) is 32.0. The Morgan fingerprint density at radius 1 is 1.10 bits per heavy atom. The molecule has 3 aromatic rings. The molecule has 0 radical (unpaired) electrons. The largest absolute Gasteiger partial charge is 0.491 e. The molecule has 0 aliphatic carbocycles. The van der Waals surface area contributed by atoms with Gasteiger partial charge in [-0.2, -0.15) is 5.10 Å². The van der Waals surface area contributed by atoms with Crippen LogP contribution in [0, 0.1) is 0 Å². The number of benzene rings is 2. The molecule has 0 spiro atoms. The van der Waals surface area contributed by atoms with Crippen LogP contribution in [0.25, 0.3) is 0 Å². The summed E-state index contributed by atoms with van der Waals surface area (Å²) in [5.74, 6) is -0.431. The van der Waals surface area contributed by atoms with E-state index in [4.69, 9.17) is 42.1 Å². The molecule has 40 heavy (non-hydrogen) atoms. The highest BCUT2D eigenvalue weighted by molar-refractivity contribution is 6.35. The summed E-state index contributed by atoms with van der Waals surface area (Å²) in [6.07, 6.45) is 2.47. The van der Waals surface area contributed by atoms with Gasteiger partial charge in [-0.25, -0.2) is 14.5 Å². The third-order valence-electron chi connectivity index (χ3n) is 6.48. The Bertz CT molecular complexity index is 1230. The number of halogens is 4. The lowest BCUT2D eigenvalue weighted by Gasteiger charge is -2.35. The van der Waals surface area contributed by atoms with Gasteiger partial charge in [0.1, 0.15) is 37.7 Å². The van der Waals surface area contributed by atoms with E-state index in [1.165, 1.54) is 6.33 Å². The second-order valence-corrected chi connectivity index (χ2v) is 9.84. The number of hydrogen-bond acceptors (Lipinski definition) is 8. The third-order valence-corrected chi connectivity index (χ3v) is 7.03. The molecular formula is C26H31Cl4N5O5. The molecule has 2 aromatic carbocycles. The van der Waals surface area contributed by atoms with E-state index < -0.39 is 5.79 Å². The van der Waals surface area contributed by atoms with Gasteiger partial charge < -0.3 is 28.7 Å². The Morgan fingerprint density at radius 2 is 1.85 bits per heavy atom. The minimum absolute atomic E-state index is 0. The topological polar surface area (TPSA) is 91.2 Å². The minimum Gasteiger partial charge on any atom is -0.491 e. The lowest BCUT2D eigenvalue weighted by molar-refractivity contribution is -0.190. The van der Waals surface area contributed by atoms with Gasteiger partial charge in [0.05, 0.1) is 18.2 Å². The molecule has 2 saturated heterocycles. The molecule has 5 rings (SSSR count). The number of aromatic nitrogens is 3. The summed E-state index contributed by atoms with van der Waals surface area (Å²) in [6.45, 7) is 5.82. The van der Waals surface area contributed by atoms with Crippen molar-refractivity contribution >= 4 is 59.8 Å². The van der Waals surface area contributed by atoms with Gasteiger partial charge in [-0.3, -0.25) is 0 Å². The fourth-order valence-corrected chi connectivity index (χ4v) is 5.14. The van der Waals surface area contributed by atoms with Crippen LogP contribution in [0.4, 0.5) is 10.5 Å². The summed E-state index contributed by atoms with van der Waals surface area (Å²) >= 11 is 12.6. The van der Waals surface area contributed by atoms with Crippen molar-refractivity contribution in [3.63, 3.8) is 0 Å². The predicted molar refractivity (Wildman–Crippen MR) is 156 cm³/mol. The summed E-state index contributed by atoms with van der Waals surface area (Å²) in [5, 5.41) is 5.17. The van der Waals surface area contributed by atoms with E-state index in [9.17, 15) is 4.79 Å². The normalized spacial score (nSPS) is 20.4. The lowest BCUT2D eigenvalue weighted by atomic mass is 10.1. The summed E-state index contributed by atoms with van der Waals surface area (Å²) in [6, 6.07) is 13.1. The Labute approximate surface area is 255 Å². The molecule has 2 atom stereocenters. The molecule has 218 valence electrons. The van der Waals surface area contributed by atoms with Gasteiger partial charge in [-0.05, 0) is 43.3 Å². The van der Waals surface area contributed by atoms with Crippen LogP contribution in [0.15, 0.2) is 55.1 Å². The molecule has 2 fully saturated rings. The van der Waals surface area contributed by atoms with Gasteiger partial charge in [-0.15, -0.1) is 24.8 Å². The number of ether oxygens (including phenoxy) is 4. The van der Waals surface area contributed by atoms with E-state index in [0.29, 0.717) is 48.5 Å². The maximum absolute atomic E-state index is 11.9. The average Bonchev–Trinajstić information content (AvgIpc) is 3.59. The van der Waals surface area contributed by atoms with Crippen molar-refractivity contribution in [2.75, 3.05) is 50.9 Å². The Morgan fingerprint density at radius 3 is 2.50 bits per heavy atom. The molecule has 0 saturated carbocycles. The van der Waals surface area contributed by atoms with Crippen LogP contribution in [0.5, 0.6) is 5.75 Å². The first-order chi connectivity index (χ1) is 18.5. The van der Waals surface area contributed by atoms with Crippen molar-refractivity contribution < 1.29 is 23.7 Å². The van der Waals surface area contributed by atoms with Gasteiger partial charge in [0.25, 0.3) is 0 Å². The highest BCUT2D eigenvalue weighted by Gasteiger charge is 2.45. The van der Waals surface area contributed by atoms with Crippen LogP contribution in [-0.4, -0.2) is 77.9 Å². The zero-order chi connectivity index (χ0) is 26.5. The van der Waals surface area contributed by atoms with Crippen LogP contribution < -0.4 is 9.64 Å². The molecular weight excluding hydrogens is 604 g/mol. The minimum atomic E-state index is -1.15. The van der Waals surface area contributed by atoms with Crippen LogP contribution in [0.1, 0.15) is 12.5 Å². The van der Waals surface area contributed by atoms with Crippen LogP contribution >= 0.6 is 48.0 Å². The monoisotopic (exact) mass is 633 g/mol. The van der Waals surface area contributed by atoms with E-state index in [-0.39, 0.29) is 43.6 Å². The van der Waals surface area contributed by atoms with E-state index in [0.717, 1.165) is 24.5 Å². The molecule has 2 aliphatic heterocycles. The Hall–Kier alpha value is -2.47. The van der Waals surface area contributed by atoms with Crippen LogP contribution in [-0.2, 0) is 26.5 Å². The SMILES string of the molecule is CCOC(=O)N1CCN(c2ccc(OCC3COC(Cn4cncn4)(c4ccc(Cl)cc4Cl)O3)cc2)CC1.Cl.Cl. The van der Waals surface area contributed by atoms with Gasteiger partial charge >= 0.3 is 6.09 Å². The maximum atomic E-state index is 11.9. The van der Waals surface area contributed by atoms with E-state index in [2.05, 4.69) is 15.0 Å². The molecule has 0 N–H and O–H groups in total. The molecule has 10 nitrogen and oxygen atoms in total. The fraction of sp³-hybridized carbons (Fsp3) is 0.423. The first-order valence-electron chi connectivity index (χ1n) is 12.4. The van der Waals surface area contributed by atoms with Crippen molar-refractivity contribution in [1.29, 1.82) is 0 Å². The molecule has 14 heteroatoms. The van der Waals surface area contributed by atoms with Crippen LogP contribution in [0.3, 0.4) is 0 Å². The number of carbonyl (C=O) groups is 1. The fourth-order valence-electron chi connectivity index (χ4n) is 4.59. The Kier molecular flexibility index (Phi) is 11.6. The number of carbonyl (C=O) groups excluding carboxylic acids is 1. The highest BCUT2D eigenvalue weighted by atomic mass is 35.5. The zero-order valence-corrected chi connectivity index (χ0v) is 24.9. The van der Waals surface area contributed by atoms with Crippen LogP contribution in [0.2, 0.25) is 10.0 Å². The van der Waals surface area contributed by atoms with Crippen molar-refractivity contribution in [3.8, 4) is 5.75 Å². The summed E-state index contributed by atoms with van der Waals surface area (Å²) in [5.41, 5.74) is 1.74. The van der Waals surface area contributed by atoms with Crippen molar-refractivity contribution in [1.82, 2.24) is 19.7 Å². The first-order valence-corrected chi connectivity index (χ1v) is 13.2. The molecule has 1 aromatic heterocycles. The average molecular weight is 635 g/mol. The quantitative estimate of drug-likeness (QED) is 0.340. The smallest absolute Gasteiger partial charge is 0.409 e. The standard InChI is InChI=1S/C26H29Cl2N5O5.2ClH/c1-2-35-25(34)32-11-9-31(10-12-32)20-4-6-21(7-5-20)36-14-22-15-37-26(38-22,16-33-18-29-17-30-33)23-8-3-19(27)13-24(23)28;;/h3-8,13,17-18,22H,2,9-12,14-16H2,1H3;2*1H. The molecule has 2 aliphatic rings. The van der Waals surface area contributed by atoms with E-state index >= 15 is 0 Å². The number of piperazine rings is 1. The second-order valence-electron chi connectivity index (χ2n) is 9.00. The number of hydrogen-bond donors (Lipinski definition) is 0. The number of amides is 1. The summed E-state index contributed by atoms with van der Waals surface area (Å²) in [7, 11) is 0. The second kappa shape index (κ2) is 14.4. The van der Waals surface area contributed by atoms with Crippen molar-refractivity contribution in [2.45, 2.75) is 25.4 Å². The number of anilines is 1. The van der Waals surface area contributed by atoms with Gasteiger partial charge in [-0.1, -0.05) is 29.3 Å². The van der Waals surface area contributed by atoms with Crippen molar-refractivity contribution in [2.24, 2.45) is 0 Å². The number of nitrogens with zero attached hydrogens (tertiary/aromatic N) is 5. The van der Waals surface area contributed by atoms with Gasteiger partial charge in [0, 0.05) is 42.5 Å². The zero-order valence-electron chi connectivity index (χ0n) is 21.8. The van der Waals surface area contributed by atoms with Gasteiger partial charge in [0.2, 0.25) is 5.79 Å². The summed E-state index contributed by atoms with van der Waals surface area (Å²) in [4.78, 5) is 19.9. The third kappa shape index (κ3) is 7.43. The summed E-state index contributed by atoms with van der Waals surface area (Å²) < 4.78 is 25.4. The molecule has 3 heterocycles. The van der Waals surface area contributed by atoms with Crippen molar-refractivity contribution in [3.05, 3.63) is 70.7 Å². The van der Waals surface area contributed by atoms with E-state index in [1.54, 1.807) is 34.1 Å². The predicted octanol–water partition coefficient (Wildman–Crippen LogP) is 5.05. The maximum Gasteiger partial charge on any atom is 0.409 e. The lowest BCUT2D eigenvalue weighted by Crippen LogP contribution is -2.48. The molecule has 2 unspecified atom stereocenters. The van der Waals surface area contributed by atoms with Gasteiger partial charge in [0.15, 0.2) is 0 Å². The Balaban J connectivity index is 0.00000220. The molecule has 0 bridgehead atoms. The van der Waals surface area contributed by atoms with E-state index in [1.807, 2.05) is 31.2 Å².